The van der Waals surface area contributed by atoms with Gasteiger partial charge in [-0.05, 0) is 24.3 Å². The fourth-order valence-corrected chi connectivity index (χ4v) is 2.24. The van der Waals surface area contributed by atoms with Crippen molar-refractivity contribution in [2.45, 2.75) is 38.5 Å². The van der Waals surface area contributed by atoms with E-state index in [1.54, 1.807) is 24.3 Å². The van der Waals surface area contributed by atoms with Gasteiger partial charge in [-0.3, -0.25) is 0 Å². The Labute approximate surface area is 119 Å². The summed E-state index contributed by atoms with van der Waals surface area (Å²) >= 11 is 0. The standard InChI is InChI=1S/C10H8O4.C6H12/c11-9-7-1-2-8(4-3-7)10(12)14-6-5-13-9;1-2-4-6-5-3-1/h1-4H,5-6H2;1-6H2. The normalized spacial score (nSPS) is 18.4. The van der Waals surface area contributed by atoms with Crippen molar-refractivity contribution in [1.82, 2.24) is 0 Å². The molecule has 0 saturated heterocycles. The van der Waals surface area contributed by atoms with Gasteiger partial charge in [0.05, 0.1) is 11.1 Å². The van der Waals surface area contributed by atoms with Crippen molar-refractivity contribution in [2.24, 2.45) is 0 Å². The Kier molecular flexibility index (Phi) is 5.59. The van der Waals surface area contributed by atoms with Gasteiger partial charge in [-0.2, -0.15) is 0 Å². The summed E-state index contributed by atoms with van der Waals surface area (Å²) in [6.45, 7) is 0.200. The number of rotatable bonds is 0. The van der Waals surface area contributed by atoms with Crippen molar-refractivity contribution < 1.29 is 19.1 Å². The van der Waals surface area contributed by atoms with E-state index in [1.165, 1.54) is 38.5 Å². The molecule has 0 spiro atoms. The third-order valence-corrected chi connectivity index (χ3v) is 3.41. The van der Waals surface area contributed by atoms with Crippen LogP contribution in [0, 0.1) is 0 Å². The van der Waals surface area contributed by atoms with Crippen LogP contribution in [0.3, 0.4) is 0 Å². The summed E-state index contributed by atoms with van der Waals surface area (Å²) in [4.78, 5) is 22.5. The lowest BCUT2D eigenvalue weighted by molar-refractivity contribution is 0.0260. The van der Waals surface area contributed by atoms with Gasteiger partial charge in [-0.15, -0.1) is 0 Å². The van der Waals surface area contributed by atoms with Gasteiger partial charge in [-0.1, -0.05) is 38.5 Å². The third-order valence-electron chi connectivity index (χ3n) is 3.41. The molecule has 108 valence electrons. The van der Waals surface area contributed by atoms with Crippen LogP contribution in [-0.2, 0) is 9.47 Å². The van der Waals surface area contributed by atoms with Gasteiger partial charge in [0.15, 0.2) is 0 Å². The molecule has 4 heteroatoms. The number of ether oxygens (including phenoxy) is 2. The average Bonchev–Trinajstić information content (AvgIpc) is 2.53. The second-order valence-corrected chi connectivity index (χ2v) is 4.97. The van der Waals surface area contributed by atoms with Gasteiger partial charge in [-0.25, -0.2) is 9.59 Å². The first kappa shape index (κ1) is 14.6. The number of benzene rings is 1. The monoisotopic (exact) mass is 276 g/mol. The third kappa shape index (κ3) is 4.37. The molecule has 4 nitrogen and oxygen atoms in total. The number of esters is 2. The van der Waals surface area contributed by atoms with E-state index in [0.29, 0.717) is 11.1 Å². The van der Waals surface area contributed by atoms with E-state index >= 15 is 0 Å². The predicted molar refractivity (Wildman–Crippen MR) is 74.7 cm³/mol. The van der Waals surface area contributed by atoms with Crippen molar-refractivity contribution in [3.63, 3.8) is 0 Å². The molecule has 1 saturated carbocycles. The van der Waals surface area contributed by atoms with Crippen LogP contribution < -0.4 is 0 Å². The first-order valence-electron chi connectivity index (χ1n) is 7.22. The summed E-state index contributed by atoms with van der Waals surface area (Å²) in [6, 6.07) is 6.18. The molecule has 20 heavy (non-hydrogen) atoms. The molecule has 1 aromatic carbocycles. The molecule has 1 aromatic rings. The second-order valence-electron chi connectivity index (χ2n) is 4.97. The molecule has 2 bridgehead atoms. The van der Waals surface area contributed by atoms with E-state index < -0.39 is 11.9 Å². The van der Waals surface area contributed by atoms with Crippen molar-refractivity contribution in [3.05, 3.63) is 35.4 Å². The number of carbonyl (C=O) groups is 2. The predicted octanol–water partition coefficient (Wildman–Crippen LogP) is 3.35. The Morgan fingerprint density at radius 3 is 1.20 bits per heavy atom. The van der Waals surface area contributed by atoms with Crippen LogP contribution >= 0.6 is 0 Å². The molecule has 1 aliphatic carbocycles. The van der Waals surface area contributed by atoms with Crippen LogP contribution in [0.1, 0.15) is 59.2 Å². The van der Waals surface area contributed by atoms with Gasteiger partial charge in [0.2, 0.25) is 0 Å². The van der Waals surface area contributed by atoms with Gasteiger partial charge in [0, 0.05) is 0 Å². The highest BCUT2D eigenvalue weighted by molar-refractivity contribution is 5.93. The lowest BCUT2D eigenvalue weighted by Gasteiger charge is -2.09. The smallest absolute Gasteiger partial charge is 0.338 e. The van der Waals surface area contributed by atoms with Crippen molar-refractivity contribution in [3.8, 4) is 0 Å². The summed E-state index contributed by atoms with van der Waals surface area (Å²) in [5, 5.41) is 0. The maximum atomic E-state index is 11.3. The zero-order valence-corrected chi connectivity index (χ0v) is 11.6. The largest absolute Gasteiger partial charge is 0.458 e. The molecule has 0 aromatic heterocycles. The lowest BCUT2D eigenvalue weighted by atomic mass is 10.0. The Morgan fingerprint density at radius 1 is 0.600 bits per heavy atom. The topological polar surface area (TPSA) is 52.6 Å². The van der Waals surface area contributed by atoms with E-state index in [1.807, 2.05) is 0 Å². The Hall–Kier alpha value is -1.84. The van der Waals surface area contributed by atoms with Crippen LogP contribution in [0.15, 0.2) is 24.3 Å². The summed E-state index contributed by atoms with van der Waals surface area (Å²) in [5.41, 5.74) is 0.895. The van der Waals surface area contributed by atoms with E-state index in [4.69, 9.17) is 9.47 Å². The quantitative estimate of drug-likeness (QED) is 0.682. The van der Waals surface area contributed by atoms with Crippen molar-refractivity contribution >= 4 is 11.9 Å². The van der Waals surface area contributed by atoms with Gasteiger partial charge in [0.25, 0.3) is 0 Å². The van der Waals surface area contributed by atoms with Crippen LogP contribution in [0.25, 0.3) is 0 Å². The Bertz CT molecular complexity index is 398. The Morgan fingerprint density at radius 2 is 0.900 bits per heavy atom. The fourth-order valence-electron chi connectivity index (χ4n) is 2.24. The SMILES string of the molecule is C1CCCCC1.O=C1OCCOC(=O)c2ccc1cc2. The summed E-state index contributed by atoms with van der Waals surface area (Å²) in [7, 11) is 0. The van der Waals surface area contributed by atoms with Crippen LogP contribution in [0.2, 0.25) is 0 Å². The molecule has 2 heterocycles. The molecule has 3 aliphatic rings. The molecule has 1 fully saturated rings. The zero-order valence-electron chi connectivity index (χ0n) is 11.6. The molecule has 0 unspecified atom stereocenters. The van der Waals surface area contributed by atoms with E-state index in [0.717, 1.165) is 0 Å². The molecule has 4 rings (SSSR count). The van der Waals surface area contributed by atoms with Crippen molar-refractivity contribution in [2.75, 3.05) is 13.2 Å². The molecule has 0 amide bonds. The maximum Gasteiger partial charge on any atom is 0.338 e. The minimum absolute atomic E-state index is 0.100. The lowest BCUT2D eigenvalue weighted by Crippen LogP contribution is -2.16. The van der Waals surface area contributed by atoms with Crippen LogP contribution in [0.5, 0.6) is 0 Å². The molecule has 2 aliphatic heterocycles. The van der Waals surface area contributed by atoms with Gasteiger partial charge < -0.3 is 9.47 Å². The first-order chi connectivity index (χ1) is 9.77. The molecule has 0 atom stereocenters. The highest BCUT2D eigenvalue weighted by Gasteiger charge is 2.13. The minimum atomic E-state index is -0.394. The second kappa shape index (κ2) is 7.68. The highest BCUT2D eigenvalue weighted by Crippen LogP contribution is 2.15. The van der Waals surface area contributed by atoms with Crippen molar-refractivity contribution in [1.29, 1.82) is 0 Å². The molecular formula is C16H20O4. The van der Waals surface area contributed by atoms with Gasteiger partial charge in [0.1, 0.15) is 13.2 Å². The van der Waals surface area contributed by atoms with Gasteiger partial charge >= 0.3 is 11.9 Å². The van der Waals surface area contributed by atoms with E-state index in [2.05, 4.69) is 0 Å². The van der Waals surface area contributed by atoms with E-state index in [9.17, 15) is 9.59 Å². The van der Waals surface area contributed by atoms with Crippen LogP contribution in [-0.4, -0.2) is 25.2 Å². The summed E-state index contributed by atoms with van der Waals surface area (Å²) in [5.74, 6) is -0.788. The number of hydrogen-bond donors (Lipinski definition) is 0. The number of hydrogen-bond acceptors (Lipinski definition) is 4. The van der Waals surface area contributed by atoms with Crippen LogP contribution in [0.4, 0.5) is 0 Å². The summed E-state index contributed by atoms with van der Waals surface area (Å²) in [6.07, 6.45) is 9.00. The molecule has 0 radical (unpaired) electrons. The summed E-state index contributed by atoms with van der Waals surface area (Å²) < 4.78 is 9.66. The average molecular weight is 276 g/mol. The Balaban J connectivity index is 0.000000205. The maximum absolute atomic E-state index is 11.3. The number of fused-ring (bicyclic) bond motifs is 7. The minimum Gasteiger partial charge on any atom is -0.458 e. The van der Waals surface area contributed by atoms with E-state index in [-0.39, 0.29) is 13.2 Å². The fraction of sp³-hybridized carbons (Fsp3) is 0.500. The first-order valence-corrected chi connectivity index (χ1v) is 7.22. The zero-order chi connectivity index (χ0) is 14.2. The molecule has 0 N–H and O–H groups in total. The number of carbonyl (C=O) groups excluding carboxylic acids is 2. The highest BCUT2D eigenvalue weighted by atomic mass is 16.6. The molecular weight excluding hydrogens is 256 g/mol.